The number of rotatable bonds is 3. The average Bonchev–Trinajstić information content (AvgIpc) is 2.45. The molecule has 0 amide bonds. The molecule has 130 valence electrons. The van der Waals surface area contributed by atoms with E-state index in [1.807, 2.05) is 13.8 Å². The monoisotopic (exact) mass is 352 g/mol. The van der Waals surface area contributed by atoms with Crippen LogP contribution in [0.15, 0.2) is 23.1 Å². The van der Waals surface area contributed by atoms with Gasteiger partial charge in [-0.25, -0.2) is 13.6 Å². The van der Waals surface area contributed by atoms with Gasteiger partial charge in [-0.15, -0.1) is 0 Å². The van der Waals surface area contributed by atoms with Crippen LogP contribution in [-0.2, 0) is 20.9 Å². The second-order valence-corrected chi connectivity index (χ2v) is 7.33. The van der Waals surface area contributed by atoms with Gasteiger partial charge < -0.3 is 9.64 Å². The Morgan fingerprint density at radius 1 is 1.39 bits per heavy atom. The molecular weight excluding hydrogens is 333 g/mol. The smallest absolute Gasteiger partial charge is 0.372 e. The number of hydrogen-bond donors (Lipinski definition) is 1. The Morgan fingerprint density at radius 2 is 2.04 bits per heavy atom. The zero-order valence-electron chi connectivity index (χ0n) is 12.9. The van der Waals surface area contributed by atoms with E-state index in [4.69, 9.17) is 9.88 Å². The Hall–Kier alpha value is -1.32. The van der Waals surface area contributed by atoms with Gasteiger partial charge in [-0.3, -0.25) is 0 Å². The number of halogens is 3. The third kappa shape index (κ3) is 3.96. The summed E-state index contributed by atoms with van der Waals surface area (Å²) in [6.45, 7) is 5.08. The molecular formula is C14H19F3N2O3S. The van der Waals surface area contributed by atoms with E-state index in [1.54, 1.807) is 4.90 Å². The van der Waals surface area contributed by atoms with E-state index in [0.717, 1.165) is 12.1 Å². The van der Waals surface area contributed by atoms with Crippen LogP contribution in [0.4, 0.5) is 18.9 Å². The highest BCUT2D eigenvalue weighted by molar-refractivity contribution is 7.89. The van der Waals surface area contributed by atoms with Crippen molar-refractivity contribution in [3.8, 4) is 0 Å². The van der Waals surface area contributed by atoms with Crippen LogP contribution < -0.4 is 10.0 Å². The Morgan fingerprint density at radius 3 is 2.57 bits per heavy atom. The maximum atomic E-state index is 13.2. The zero-order valence-corrected chi connectivity index (χ0v) is 13.7. The van der Waals surface area contributed by atoms with Gasteiger partial charge in [0, 0.05) is 18.8 Å². The Kier molecular flexibility index (Phi) is 4.67. The molecule has 1 aromatic rings. The molecule has 1 heterocycles. The molecule has 1 fully saturated rings. The maximum Gasteiger partial charge on any atom is 0.417 e. The predicted molar refractivity (Wildman–Crippen MR) is 79.7 cm³/mol. The first-order valence-electron chi connectivity index (χ1n) is 7.09. The molecule has 1 aromatic carbocycles. The highest BCUT2D eigenvalue weighted by Gasteiger charge is 2.38. The second kappa shape index (κ2) is 5.95. The molecule has 9 heteroatoms. The van der Waals surface area contributed by atoms with E-state index in [1.165, 1.54) is 6.07 Å². The van der Waals surface area contributed by atoms with Crippen molar-refractivity contribution >= 4 is 15.7 Å². The molecule has 0 aliphatic carbocycles. The summed E-state index contributed by atoms with van der Waals surface area (Å²) in [6, 6.07) is 3.09. The summed E-state index contributed by atoms with van der Waals surface area (Å²) >= 11 is 0. The van der Waals surface area contributed by atoms with Gasteiger partial charge in [0.1, 0.15) is 0 Å². The highest BCUT2D eigenvalue weighted by atomic mass is 32.2. The first-order valence-corrected chi connectivity index (χ1v) is 8.64. The number of nitrogens with zero attached hydrogens (tertiary/aromatic N) is 1. The van der Waals surface area contributed by atoms with Gasteiger partial charge in [0.2, 0.25) is 10.0 Å². The van der Waals surface area contributed by atoms with Crippen molar-refractivity contribution in [2.24, 2.45) is 5.14 Å². The lowest BCUT2D eigenvalue weighted by atomic mass is 10.0. The molecule has 1 atom stereocenters. The van der Waals surface area contributed by atoms with E-state index in [9.17, 15) is 21.6 Å². The molecule has 1 aliphatic rings. The summed E-state index contributed by atoms with van der Waals surface area (Å²) in [4.78, 5) is 0.843. The average molecular weight is 352 g/mol. The fourth-order valence-electron chi connectivity index (χ4n) is 2.55. The Labute approximate surface area is 133 Å². The number of alkyl halides is 3. The van der Waals surface area contributed by atoms with Crippen LogP contribution in [0.2, 0.25) is 0 Å². The van der Waals surface area contributed by atoms with Crippen molar-refractivity contribution in [2.75, 3.05) is 24.6 Å². The number of benzene rings is 1. The van der Waals surface area contributed by atoms with E-state index < -0.39 is 32.3 Å². The van der Waals surface area contributed by atoms with Gasteiger partial charge in [-0.1, -0.05) is 6.92 Å². The van der Waals surface area contributed by atoms with Crippen LogP contribution in [0.1, 0.15) is 25.8 Å². The quantitative estimate of drug-likeness (QED) is 0.906. The summed E-state index contributed by atoms with van der Waals surface area (Å²) < 4.78 is 68.0. The molecule has 0 saturated carbocycles. The molecule has 2 N–H and O–H groups in total. The topological polar surface area (TPSA) is 72.6 Å². The molecule has 1 unspecified atom stereocenters. The van der Waals surface area contributed by atoms with E-state index in [-0.39, 0.29) is 0 Å². The zero-order chi connectivity index (χ0) is 17.5. The minimum absolute atomic E-state index is 0.299. The highest BCUT2D eigenvalue weighted by Crippen LogP contribution is 2.37. The fourth-order valence-corrected chi connectivity index (χ4v) is 3.29. The van der Waals surface area contributed by atoms with Crippen LogP contribution in [0.3, 0.4) is 0 Å². The predicted octanol–water partition coefficient (Wildman–Crippen LogP) is 2.36. The van der Waals surface area contributed by atoms with Crippen molar-refractivity contribution < 1.29 is 26.3 Å². The van der Waals surface area contributed by atoms with Gasteiger partial charge in [-0.05, 0) is 31.5 Å². The molecule has 0 aromatic heterocycles. The van der Waals surface area contributed by atoms with Crippen molar-refractivity contribution in [1.82, 2.24) is 0 Å². The minimum Gasteiger partial charge on any atom is -0.372 e. The number of sulfonamides is 1. The standard InChI is InChI=1S/C14H19F3N2O3S/c1-3-13(2)9-19(6-7-22-13)10-4-5-12(23(18,20)21)11(8-10)14(15,16)17/h4-5,8H,3,6-7,9H2,1-2H3,(H2,18,20,21). The Bertz CT molecular complexity index is 691. The lowest BCUT2D eigenvalue weighted by molar-refractivity contribution is -0.139. The molecule has 23 heavy (non-hydrogen) atoms. The van der Waals surface area contributed by atoms with Crippen molar-refractivity contribution in [3.63, 3.8) is 0 Å². The van der Waals surface area contributed by atoms with Crippen molar-refractivity contribution in [2.45, 2.75) is 36.9 Å². The molecule has 0 spiro atoms. The molecule has 5 nitrogen and oxygen atoms in total. The van der Waals surface area contributed by atoms with Gasteiger partial charge in [0.05, 0.1) is 22.7 Å². The number of ether oxygens (including phenoxy) is 1. The lowest BCUT2D eigenvalue weighted by Gasteiger charge is -2.41. The van der Waals surface area contributed by atoms with Crippen LogP contribution in [-0.4, -0.2) is 33.7 Å². The lowest BCUT2D eigenvalue weighted by Crippen LogP contribution is -2.49. The molecule has 0 bridgehead atoms. The van der Waals surface area contributed by atoms with Crippen LogP contribution in [0.25, 0.3) is 0 Å². The van der Waals surface area contributed by atoms with Crippen molar-refractivity contribution in [1.29, 1.82) is 0 Å². The van der Waals surface area contributed by atoms with Gasteiger partial charge in [0.25, 0.3) is 0 Å². The van der Waals surface area contributed by atoms with E-state index in [0.29, 0.717) is 31.8 Å². The summed E-state index contributed by atoms with van der Waals surface area (Å²) in [5.41, 5.74) is -1.40. The molecule has 1 saturated heterocycles. The number of anilines is 1. The fraction of sp³-hybridized carbons (Fsp3) is 0.571. The normalized spacial score (nSPS) is 23.1. The second-order valence-electron chi connectivity index (χ2n) is 5.80. The van der Waals surface area contributed by atoms with Crippen LogP contribution in [0.5, 0.6) is 0 Å². The summed E-state index contributed by atoms with van der Waals surface area (Å²) in [5.74, 6) is 0. The number of nitrogens with two attached hydrogens (primary N) is 1. The van der Waals surface area contributed by atoms with Crippen LogP contribution >= 0.6 is 0 Å². The number of primary sulfonamides is 1. The SMILES string of the molecule is CCC1(C)CN(c2ccc(S(N)(=O)=O)c(C(F)(F)F)c2)CCO1. The Balaban J connectivity index is 2.46. The van der Waals surface area contributed by atoms with Crippen molar-refractivity contribution in [3.05, 3.63) is 23.8 Å². The first kappa shape index (κ1) is 18.0. The number of hydrogen-bond acceptors (Lipinski definition) is 4. The first-order chi connectivity index (χ1) is 10.5. The van der Waals surface area contributed by atoms with Crippen LogP contribution in [0, 0.1) is 0 Å². The van der Waals surface area contributed by atoms with E-state index >= 15 is 0 Å². The molecule has 0 radical (unpaired) electrons. The largest absolute Gasteiger partial charge is 0.417 e. The maximum absolute atomic E-state index is 13.2. The minimum atomic E-state index is -4.81. The molecule has 2 rings (SSSR count). The van der Waals surface area contributed by atoms with E-state index in [2.05, 4.69) is 0 Å². The number of morpholine rings is 1. The summed E-state index contributed by atoms with van der Waals surface area (Å²) in [7, 11) is -4.45. The van der Waals surface area contributed by atoms with Gasteiger partial charge in [-0.2, -0.15) is 13.2 Å². The van der Waals surface area contributed by atoms with Gasteiger partial charge >= 0.3 is 6.18 Å². The molecule has 1 aliphatic heterocycles. The summed E-state index contributed by atoms with van der Waals surface area (Å²) in [6.07, 6.45) is -4.09. The third-order valence-corrected chi connectivity index (χ3v) is 4.99. The van der Waals surface area contributed by atoms with Gasteiger partial charge in [0.15, 0.2) is 0 Å². The third-order valence-electron chi connectivity index (χ3n) is 4.03. The summed E-state index contributed by atoms with van der Waals surface area (Å²) in [5, 5.41) is 4.89.